The van der Waals surface area contributed by atoms with Gasteiger partial charge in [0.25, 0.3) is 4.45 Å². The summed E-state index contributed by atoms with van der Waals surface area (Å²) in [5, 5.41) is -3.82. The van der Waals surface area contributed by atoms with Crippen LogP contribution in [-0.4, -0.2) is 57.9 Å². The second-order valence-corrected chi connectivity index (χ2v) is 23.9. The van der Waals surface area contributed by atoms with Gasteiger partial charge in [0.2, 0.25) is 0 Å². The van der Waals surface area contributed by atoms with Crippen molar-refractivity contribution >= 4 is 134 Å². The van der Waals surface area contributed by atoms with Crippen molar-refractivity contribution in [2.24, 2.45) is 5.21 Å². The summed E-state index contributed by atoms with van der Waals surface area (Å²) in [6, 6.07) is 0. The van der Waals surface area contributed by atoms with Crippen molar-refractivity contribution in [2.75, 3.05) is 0 Å². The van der Waals surface area contributed by atoms with Crippen LogP contribution >= 0.6 is 119 Å². The molecule has 0 aliphatic heterocycles. The van der Waals surface area contributed by atoms with Gasteiger partial charge in [-0.2, -0.15) is 0 Å². The van der Waals surface area contributed by atoms with Crippen molar-refractivity contribution < 1.29 is 44.4 Å². The van der Waals surface area contributed by atoms with Gasteiger partial charge >= 0.3 is 0 Å². The largest absolute Gasteiger partial charge is 0.274 e. The summed E-state index contributed by atoms with van der Waals surface area (Å²) < 4.78 is 112. The van der Waals surface area contributed by atoms with Gasteiger partial charge in [-0.05, 0) is 107 Å². The van der Waals surface area contributed by atoms with E-state index in [1.807, 2.05) is 0 Å². The highest BCUT2D eigenvalue weighted by atomic mass is 32.2. The molecule has 0 N–H and O–H groups in total. The maximum absolute atomic E-state index is 13.0. The maximum Gasteiger partial charge on any atom is 0.251 e. The Morgan fingerprint density at radius 2 is 0.778 bits per heavy atom. The molecule has 0 aliphatic carbocycles. The molecule has 0 rings (SSSR count). The SMILES string of the molecule is CC(C)(F)SC(=NF)SC(C)(C)F.CC(C)(F)SC(=S)SC(C)(C)F.CC(F)SC(=O)SC(C)F.CC(F)SC(=S)SC(C)F. The van der Waals surface area contributed by atoms with Crippen LogP contribution < -0.4 is 0 Å². The highest BCUT2D eigenvalue weighted by Gasteiger charge is 2.27. The Labute approximate surface area is 306 Å². The molecule has 0 spiro atoms. The Bertz CT molecular complexity index is 781. The van der Waals surface area contributed by atoms with E-state index in [1.54, 1.807) is 0 Å². The quantitative estimate of drug-likeness (QED) is 0.101. The van der Waals surface area contributed by atoms with Crippen molar-refractivity contribution in [2.45, 2.75) is 125 Å². The molecule has 0 radical (unpaired) electrons. The molecule has 0 heterocycles. The molecule has 270 valence electrons. The minimum Gasteiger partial charge on any atom is -0.274 e. The summed E-state index contributed by atoms with van der Waals surface area (Å²) in [6.07, 6.45) is 0. The number of carbonyl (C=O) groups is 1. The monoisotopic (exact) mass is 849 g/mol. The Balaban J connectivity index is -0.000000251. The zero-order valence-electron chi connectivity index (χ0n) is 26.6. The first-order chi connectivity index (χ1) is 19.8. The normalized spacial score (nSPS) is 14.5. The molecule has 0 amide bonds. The fourth-order valence-corrected chi connectivity index (χ4v) is 11.0. The summed E-state index contributed by atoms with van der Waals surface area (Å²) in [6.45, 7) is 15.9. The first kappa shape index (κ1) is 53.5. The molecule has 0 bridgehead atoms. The van der Waals surface area contributed by atoms with Gasteiger partial charge in [-0.15, -0.1) is 0 Å². The van der Waals surface area contributed by atoms with Crippen LogP contribution in [0.1, 0.15) is 83.1 Å². The smallest absolute Gasteiger partial charge is 0.251 e. The number of nitrogens with zero attached hydrogens (tertiary/aromatic N) is 1. The van der Waals surface area contributed by atoms with E-state index in [4.69, 9.17) is 12.2 Å². The van der Waals surface area contributed by atoms with Crippen LogP contribution in [0.5, 0.6) is 0 Å². The molecule has 45 heavy (non-hydrogen) atoms. The molecule has 0 saturated heterocycles. The van der Waals surface area contributed by atoms with Crippen molar-refractivity contribution in [3.05, 3.63) is 0 Å². The number of hydrogen-bond acceptors (Lipinski definition) is 12. The maximum atomic E-state index is 13.0. The van der Waals surface area contributed by atoms with Gasteiger partial charge in [0.05, 0.1) is 0 Å². The third kappa shape index (κ3) is 55.4. The van der Waals surface area contributed by atoms with E-state index in [1.165, 1.54) is 83.1 Å². The Kier molecular flexibility index (Phi) is 31.5. The topological polar surface area (TPSA) is 29.4 Å². The lowest BCUT2D eigenvalue weighted by atomic mass is 10.5. The van der Waals surface area contributed by atoms with Gasteiger partial charge in [0, 0.05) is 0 Å². The van der Waals surface area contributed by atoms with E-state index in [9.17, 15) is 44.4 Å². The van der Waals surface area contributed by atoms with Crippen molar-refractivity contribution in [1.82, 2.24) is 0 Å². The molecule has 0 aromatic rings. The van der Waals surface area contributed by atoms with Gasteiger partial charge in [0.1, 0.15) is 18.1 Å². The average molecular weight is 850 g/mol. The lowest BCUT2D eigenvalue weighted by Crippen LogP contribution is -2.13. The Morgan fingerprint density at radius 1 is 0.533 bits per heavy atom. The lowest BCUT2D eigenvalue weighted by Gasteiger charge is -2.17. The molecule has 4 atom stereocenters. The third-order valence-electron chi connectivity index (χ3n) is 2.42. The highest BCUT2D eigenvalue weighted by molar-refractivity contribution is 8.48. The van der Waals surface area contributed by atoms with Gasteiger partial charge < -0.3 is 0 Å². The van der Waals surface area contributed by atoms with E-state index < -0.39 is 46.5 Å². The first-order valence-corrected chi connectivity index (χ1v) is 19.9. The van der Waals surface area contributed by atoms with E-state index in [0.29, 0.717) is 54.1 Å². The van der Waals surface area contributed by atoms with Crippen LogP contribution in [0.3, 0.4) is 0 Å². The van der Waals surface area contributed by atoms with Gasteiger partial charge in [0.15, 0.2) is 35.4 Å². The van der Waals surface area contributed by atoms with Crippen LogP contribution in [-0.2, 0) is 0 Å². The van der Waals surface area contributed by atoms with Crippen LogP contribution in [0.2, 0.25) is 0 Å². The molecule has 0 aromatic heterocycles. The second kappa shape index (κ2) is 26.5. The molecule has 0 fully saturated rings. The number of thioether (sulfide) groups is 8. The van der Waals surface area contributed by atoms with Crippen molar-refractivity contribution in [3.8, 4) is 0 Å². The molecule has 21 heteroatoms. The zero-order valence-corrected chi connectivity index (χ0v) is 34.8. The minimum absolute atomic E-state index is 0.236. The second-order valence-electron chi connectivity index (χ2n) is 9.61. The van der Waals surface area contributed by atoms with Crippen LogP contribution in [0.25, 0.3) is 0 Å². The molecule has 0 aliphatic rings. The van der Waals surface area contributed by atoms with E-state index in [-0.39, 0.29) is 4.38 Å². The van der Waals surface area contributed by atoms with Gasteiger partial charge in [-0.1, -0.05) is 105 Å². The van der Waals surface area contributed by atoms with Gasteiger partial charge in [-0.25, -0.2) is 35.1 Å². The fraction of sp³-hybridized carbons (Fsp3) is 0.833. The zero-order chi connectivity index (χ0) is 37.0. The van der Waals surface area contributed by atoms with Crippen LogP contribution in [0.4, 0.5) is 44.4 Å². The third-order valence-corrected chi connectivity index (χ3v) is 10.5. The number of halogens is 9. The molecular formula is C24H40F9NOS10. The van der Waals surface area contributed by atoms with Crippen molar-refractivity contribution in [3.63, 3.8) is 0 Å². The highest BCUT2D eigenvalue weighted by Crippen LogP contribution is 2.39. The minimum atomic E-state index is -1.65. The Hall–Kier alpha value is 1.69. The molecular weight excluding hydrogens is 810 g/mol. The standard InChI is InChI=1S/C7H12F3NS2.C7H12F2S3.C5H8F2OS2.C5H8F2S3/c1-6(2,8)12-5(11-10)13-7(3,4)9;1-6(2,8)11-5(10)12-7(3,4)9;2*1-3(6)9-5(8)10-4(2)7/h1-4H3;1-4H3;2*3-4H,1-2H3. The summed E-state index contributed by atoms with van der Waals surface area (Å²) >= 11 is 15.1. The number of thiocarbonyl (C=S) groups is 2. The van der Waals surface area contributed by atoms with Crippen molar-refractivity contribution in [1.29, 1.82) is 0 Å². The predicted octanol–water partition coefficient (Wildman–Crippen LogP) is 14.8. The summed E-state index contributed by atoms with van der Waals surface area (Å²) in [7, 11) is 0. The van der Waals surface area contributed by atoms with Gasteiger partial charge in [-0.3, -0.25) is 4.79 Å². The Morgan fingerprint density at radius 3 is 0.956 bits per heavy atom. The van der Waals surface area contributed by atoms with Crippen LogP contribution in [0, 0.1) is 0 Å². The van der Waals surface area contributed by atoms with Crippen LogP contribution in [0.15, 0.2) is 5.21 Å². The first-order valence-electron chi connectivity index (χ1n) is 12.3. The van der Waals surface area contributed by atoms with E-state index >= 15 is 0 Å². The number of carbonyl (C=O) groups excluding carboxylic acids is 1. The molecule has 2 nitrogen and oxygen atoms in total. The summed E-state index contributed by atoms with van der Waals surface area (Å²) in [5.74, 6) is 0. The number of rotatable bonds is 8. The molecule has 0 saturated carbocycles. The molecule has 4 unspecified atom stereocenters. The molecule has 0 aromatic carbocycles. The average Bonchev–Trinajstić information content (AvgIpc) is 2.67. The van der Waals surface area contributed by atoms with E-state index in [2.05, 4.69) is 17.4 Å². The van der Waals surface area contributed by atoms with E-state index in [0.717, 1.165) is 47.0 Å². The lowest BCUT2D eigenvalue weighted by molar-refractivity contribution is 0.276. The number of hydrogen-bond donors (Lipinski definition) is 0. The predicted molar refractivity (Wildman–Crippen MR) is 203 cm³/mol. The fourth-order valence-electron chi connectivity index (χ4n) is 1.47. The number of alkyl halides is 8. The summed E-state index contributed by atoms with van der Waals surface area (Å²) in [5.41, 5.74) is -4.59. The summed E-state index contributed by atoms with van der Waals surface area (Å²) in [4.78, 5) is 10.5.